The number of hydrogen-bond donors (Lipinski definition) is 0. The molecule has 2 aromatic rings. The first-order valence-corrected chi connectivity index (χ1v) is 18.2. The molecule has 1 aliphatic carbocycles. The molecule has 0 spiro atoms. The van der Waals surface area contributed by atoms with Crippen LogP contribution in [0.3, 0.4) is 0 Å². The summed E-state index contributed by atoms with van der Waals surface area (Å²) in [6, 6.07) is 16.5. The molecule has 0 N–H and O–H groups in total. The van der Waals surface area contributed by atoms with Crippen LogP contribution in [-0.2, 0) is 39.0 Å². The molecule has 0 aromatic heterocycles. The van der Waals surface area contributed by atoms with Gasteiger partial charge >= 0.3 is 0 Å². The van der Waals surface area contributed by atoms with Crippen LogP contribution in [0.15, 0.2) is 94.7 Å². The van der Waals surface area contributed by atoms with E-state index in [1.807, 2.05) is 18.2 Å². The Balaban J connectivity index is 1.38. The van der Waals surface area contributed by atoms with E-state index < -0.39 is 10.4 Å². The first kappa shape index (κ1) is 36.5. The van der Waals surface area contributed by atoms with Crippen molar-refractivity contribution in [2.45, 2.75) is 64.2 Å². The van der Waals surface area contributed by atoms with E-state index in [1.54, 1.807) is 0 Å². The van der Waals surface area contributed by atoms with Crippen molar-refractivity contribution in [1.82, 2.24) is 0 Å². The van der Waals surface area contributed by atoms with E-state index in [4.69, 9.17) is 15.8 Å². The molecule has 0 amide bonds. The summed E-state index contributed by atoms with van der Waals surface area (Å²) in [5.74, 6) is 0. The number of para-hydroxylation sites is 2. The summed E-state index contributed by atoms with van der Waals surface area (Å²) in [4.78, 5) is 2.17. The predicted octanol–water partition coefficient (Wildman–Crippen LogP) is 6.57. The molecule has 10 nitrogen and oxygen atoms in total. The molecule has 0 unspecified atom stereocenters. The predicted molar refractivity (Wildman–Crippen MR) is 184 cm³/mol. The Kier molecular flexibility index (Phi) is 11.7. The van der Waals surface area contributed by atoms with E-state index in [-0.39, 0.29) is 17.4 Å². The average molecular weight is 716 g/mol. The minimum absolute atomic E-state index is 0.179. The number of halogens is 1. The molecule has 2 heterocycles. The second kappa shape index (κ2) is 15.4. The molecule has 0 bridgehead atoms. The number of anilines is 1. The molecule has 0 saturated heterocycles. The zero-order chi connectivity index (χ0) is 34.5. The van der Waals surface area contributed by atoms with E-state index in [9.17, 15) is 18.2 Å². The Hall–Kier alpha value is -2.78. The quantitative estimate of drug-likeness (QED) is 0.0380. The van der Waals surface area contributed by atoms with Crippen LogP contribution in [0.1, 0.15) is 64.5 Å². The first-order chi connectivity index (χ1) is 22.9. The number of fused-ring (bicyclic) bond motifs is 2. The zero-order valence-corrected chi connectivity index (χ0v) is 29.8. The van der Waals surface area contributed by atoms with Gasteiger partial charge in [-0.15, -0.1) is 4.33 Å². The molecule has 258 valence electrons. The molecule has 13 heteroatoms. The van der Waals surface area contributed by atoms with Crippen molar-refractivity contribution >= 4 is 51.4 Å². The third-order valence-corrected chi connectivity index (χ3v) is 10.5. The van der Waals surface area contributed by atoms with Crippen molar-refractivity contribution in [3.05, 3.63) is 106 Å². The Bertz CT molecular complexity index is 1780. The van der Waals surface area contributed by atoms with Gasteiger partial charge in [-0.2, -0.15) is 4.58 Å². The molecule has 48 heavy (non-hydrogen) atoms. The van der Waals surface area contributed by atoms with Gasteiger partial charge in [0.05, 0.1) is 18.6 Å². The maximum atomic E-state index is 10.9. The Labute approximate surface area is 292 Å². The summed E-state index contributed by atoms with van der Waals surface area (Å²) in [5, 5.41) is 14.1. The van der Waals surface area contributed by atoms with Crippen LogP contribution < -0.4 is 10.2 Å². The normalized spacial score (nSPS) is 20.2. The second-order valence-corrected chi connectivity index (χ2v) is 14.8. The first-order valence-electron chi connectivity index (χ1n) is 15.8. The Morgan fingerprint density at radius 1 is 0.958 bits per heavy atom. The summed E-state index contributed by atoms with van der Waals surface area (Å²) in [7, 11) is -4.74. The van der Waals surface area contributed by atoms with Gasteiger partial charge in [0.1, 0.15) is 0 Å². The number of allylic oxidation sites excluding steroid dienone is 8. The summed E-state index contributed by atoms with van der Waals surface area (Å²) in [5.41, 5.74) is 8.40. The van der Waals surface area contributed by atoms with Crippen molar-refractivity contribution < 1.29 is 40.5 Å². The van der Waals surface area contributed by atoms with Gasteiger partial charge in [0.25, 0.3) is 0 Å². The zero-order valence-electron chi connectivity index (χ0n) is 27.4. The lowest BCUT2D eigenvalue weighted by atomic mass is 9.81. The van der Waals surface area contributed by atoms with Gasteiger partial charge < -0.3 is 14.7 Å². The number of benzene rings is 2. The van der Waals surface area contributed by atoms with Gasteiger partial charge in [-0.25, -0.2) is 8.42 Å². The largest absolute Gasteiger partial charge is 0.726 e. The number of hydrogen-bond acceptors (Lipinski definition) is 10. The third kappa shape index (κ3) is 7.99. The number of nitrogens with zero attached hydrogens (tertiary/aromatic N) is 2. The average Bonchev–Trinajstić information content (AvgIpc) is 3.58. The fraction of sp³-hybridized carbons (Fsp3) is 0.400. The van der Waals surface area contributed by atoms with Crippen LogP contribution in [0, 0.1) is 0 Å². The van der Waals surface area contributed by atoms with E-state index in [0.717, 1.165) is 51.8 Å². The van der Waals surface area contributed by atoms with Crippen molar-refractivity contribution in [1.29, 1.82) is 0 Å². The van der Waals surface area contributed by atoms with Crippen molar-refractivity contribution in [3.8, 4) is 0 Å². The van der Waals surface area contributed by atoms with E-state index in [1.165, 1.54) is 11.1 Å². The molecule has 2 aliphatic heterocycles. The highest BCUT2D eigenvalue weighted by Crippen LogP contribution is 2.48. The van der Waals surface area contributed by atoms with Crippen LogP contribution in [0.25, 0.3) is 0 Å². The van der Waals surface area contributed by atoms with Crippen LogP contribution in [0.2, 0.25) is 0 Å². The van der Waals surface area contributed by atoms with Crippen LogP contribution in [0.4, 0.5) is 11.4 Å². The molecule has 0 fully saturated rings. The molecule has 0 saturated carbocycles. The fourth-order valence-electron chi connectivity index (χ4n) is 6.86. The van der Waals surface area contributed by atoms with E-state index >= 15 is 0 Å². The Morgan fingerprint density at radius 2 is 1.69 bits per heavy atom. The van der Waals surface area contributed by atoms with Gasteiger partial charge in [-0.1, -0.05) is 74.0 Å². The maximum absolute atomic E-state index is 10.9. The van der Waals surface area contributed by atoms with Gasteiger partial charge in [-0.3, -0.25) is 13.4 Å². The van der Waals surface area contributed by atoms with Crippen molar-refractivity contribution in [3.63, 3.8) is 0 Å². The molecular formula is C35H40ClN2O8S2-. The smallest absolute Gasteiger partial charge is 0.217 e. The van der Waals surface area contributed by atoms with Crippen LogP contribution in [0.5, 0.6) is 0 Å². The minimum atomic E-state index is -4.74. The molecule has 5 rings (SSSR count). The molecule has 0 radical (unpaired) electrons. The standard InChI is InChI=1S/C35H41ClN2O8S2/c1-34(2)27-11-5-7-13-29(27)37(21-9-23-43-47-46-45-39)31(34)19-17-25-15-16-26(33(25)36)18-20-32-35(3,4)28-12-6-8-14-30(28)38(32)22-10-24-44-48(40,41)42/h5-8,11-14,17-20H,9-10,15-16,21-24H2,1-4H3,(H-,39,40,41,42)/p-1. The second-order valence-electron chi connectivity index (χ2n) is 12.9. The molecular weight excluding hydrogens is 676 g/mol. The van der Waals surface area contributed by atoms with Crippen molar-refractivity contribution in [2.24, 2.45) is 0 Å². The van der Waals surface area contributed by atoms with E-state index in [0.29, 0.717) is 44.9 Å². The van der Waals surface area contributed by atoms with E-state index in [2.05, 4.69) is 105 Å². The van der Waals surface area contributed by atoms with Crippen LogP contribution >= 0.6 is 23.9 Å². The summed E-state index contributed by atoms with van der Waals surface area (Å²) in [6.45, 7) is 10.2. The number of rotatable bonds is 15. The topological polar surface area (TPSA) is 123 Å². The van der Waals surface area contributed by atoms with Gasteiger partial charge in [-0.05, 0) is 62.0 Å². The van der Waals surface area contributed by atoms with Gasteiger partial charge in [0, 0.05) is 52.5 Å². The van der Waals surface area contributed by atoms with Crippen LogP contribution in [-0.4, -0.2) is 49.6 Å². The lowest BCUT2D eigenvalue weighted by molar-refractivity contribution is -0.777. The SMILES string of the molecule is CC1(C)C(/C=C/C2=C(Cl)C(=C/C=C3/N(CCCOS(=O)(=O)[O-])c4ccccc4C3(C)C)/CC2)=[N+](CCCOSOO[O-])c2ccccc21. The molecule has 2 aromatic carbocycles. The highest BCUT2D eigenvalue weighted by atomic mass is 35.5. The van der Waals surface area contributed by atoms with Gasteiger partial charge in [0.2, 0.25) is 16.1 Å². The highest BCUT2D eigenvalue weighted by molar-refractivity contribution is 7.89. The molecule has 0 atom stereocenters. The lowest BCUT2D eigenvalue weighted by Crippen LogP contribution is -2.28. The summed E-state index contributed by atoms with van der Waals surface area (Å²) < 4.78 is 49.0. The summed E-state index contributed by atoms with van der Waals surface area (Å²) in [6.07, 6.45) is 11.2. The third-order valence-electron chi connectivity index (χ3n) is 9.18. The lowest BCUT2D eigenvalue weighted by Gasteiger charge is -2.27. The fourth-order valence-corrected chi connectivity index (χ4v) is 7.75. The summed E-state index contributed by atoms with van der Waals surface area (Å²) >= 11 is 7.55. The van der Waals surface area contributed by atoms with Gasteiger partial charge in [0.15, 0.2) is 24.6 Å². The monoisotopic (exact) mass is 715 g/mol. The maximum Gasteiger partial charge on any atom is 0.217 e. The molecule has 3 aliphatic rings. The minimum Gasteiger partial charge on any atom is -0.726 e. The Morgan fingerprint density at radius 3 is 2.44 bits per heavy atom. The van der Waals surface area contributed by atoms with Crippen molar-refractivity contribution in [2.75, 3.05) is 31.2 Å². The highest BCUT2D eigenvalue weighted by Gasteiger charge is 2.44.